The van der Waals surface area contributed by atoms with Crippen molar-refractivity contribution in [3.05, 3.63) is 77.2 Å². The molecular weight excluding hydrogens is 431 g/mol. The highest BCUT2D eigenvalue weighted by Gasteiger charge is 2.20. The van der Waals surface area contributed by atoms with Crippen LogP contribution in [0.4, 0.5) is 15.2 Å². The van der Waals surface area contributed by atoms with Crippen LogP contribution in [0.1, 0.15) is 25.1 Å². The molecule has 2 aromatic carbocycles. The summed E-state index contributed by atoms with van der Waals surface area (Å²) < 4.78 is 13.1. The number of halogens is 1. The van der Waals surface area contributed by atoms with E-state index in [0.29, 0.717) is 10.9 Å². The summed E-state index contributed by atoms with van der Waals surface area (Å²) >= 11 is 2.98. The number of carbonyl (C=O) groups excluding carboxylic acids is 1. The molecule has 4 aromatic rings. The quantitative estimate of drug-likeness (QED) is 0.339. The van der Waals surface area contributed by atoms with Gasteiger partial charge in [0.25, 0.3) is 0 Å². The van der Waals surface area contributed by atoms with Crippen molar-refractivity contribution in [1.82, 2.24) is 15.0 Å². The minimum absolute atomic E-state index is 0.0653. The maximum atomic E-state index is 13.1. The van der Waals surface area contributed by atoms with Gasteiger partial charge in [-0.3, -0.25) is 9.69 Å². The molecule has 8 heteroatoms. The van der Waals surface area contributed by atoms with Crippen LogP contribution >= 0.6 is 23.1 Å². The molecule has 1 amide bonds. The molecule has 5 nitrogen and oxygen atoms in total. The number of aryl methyl sites for hydroxylation is 1. The Morgan fingerprint density at radius 2 is 1.97 bits per heavy atom. The number of thiazole rings is 1. The minimum atomic E-state index is -0.265. The smallest absolute Gasteiger partial charge is 0.230 e. The zero-order valence-corrected chi connectivity index (χ0v) is 18.8. The number of thioether (sulfide) groups is 1. The number of para-hydroxylation sites is 1. The zero-order chi connectivity index (χ0) is 21.8. The number of nitrogens with one attached hydrogen (secondary N) is 1. The van der Waals surface area contributed by atoms with Gasteiger partial charge in [0, 0.05) is 18.1 Å². The molecule has 0 aliphatic carbocycles. The van der Waals surface area contributed by atoms with E-state index in [-0.39, 0.29) is 11.7 Å². The third kappa shape index (κ3) is 4.86. The summed E-state index contributed by atoms with van der Waals surface area (Å²) in [4.78, 5) is 26.4. The normalized spacial score (nSPS) is 10.9. The summed E-state index contributed by atoms with van der Waals surface area (Å²) in [5.41, 5.74) is 4.57. The number of hydrogen-bond donors (Lipinski definition) is 1. The molecule has 0 bridgehead atoms. The Bertz CT molecular complexity index is 1190. The Labute approximate surface area is 188 Å². The summed E-state index contributed by atoms with van der Waals surface area (Å²) in [6, 6.07) is 14.2. The van der Waals surface area contributed by atoms with Crippen LogP contribution in [0.3, 0.4) is 0 Å². The third-order valence-electron chi connectivity index (χ3n) is 4.72. The van der Waals surface area contributed by atoms with E-state index in [4.69, 9.17) is 4.98 Å². The van der Waals surface area contributed by atoms with Crippen LogP contribution in [-0.2, 0) is 17.0 Å². The summed E-state index contributed by atoms with van der Waals surface area (Å²) in [6.07, 6.45) is 2.57. The van der Waals surface area contributed by atoms with Gasteiger partial charge in [-0.25, -0.2) is 14.4 Å². The van der Waals surface area contributed by atoms with Crippen molar-refractivity contribution in [1.29, 1.82) is 0 Å². The lowest BCUT2D eigenvalue weighted by Gasteiger charge is -2.20. The number of amides is 1. The molecule has 0 saturated carbocycles. The SMILES string of the molecule is CCc1ccccc1N(C(C)=O)c1nc(CSc2ncc(-c3ccc(F)cc3)[nH]2)cs1. The zero-order valence-electron chi connectivity index (χ0n) is 17.1. The van der Waals surface area contributed by atoms with E-state index >= 15 is 0 Å². The Morgan fingerprint density at radius 1 is 1.19 bits per heavy atom. The molecule has 4 rings (SSSR count). The van der Waals surface area contributed by atoms with E-state index in [1.165, 1.54) is 35.2 Å². The number of rotatable bonds is 7. The predicted molar refractivity (Wildman–Crippen MR) is 124 cm³/mol. The van der Waals surface area contributed by atoms with Crippen molar-refractivity contribution < 1.29 is 9.18 Å². The van der Waals surface area contributed by atoms with E-state index in [2.05, 4.69) is 16.9 Å². The number of carbonyl (C=O) groups is 1. The van der Waals surface area contributed by atoms with Gasteiger partial charge >= 0.3 is 0 Å². The molecule has 0 unspecified atom stereocenters. The van der Waals surface area contributed by atoms with Crippen LogP contribution in [0.2, 0.25) is 0 Å². The first-order valence-corrected chi connectivity index (χ1v) is 11.7. The Kier molecular flexibility index (Phi) is 6.48. The molecule has 1 N–H and O–H groups in total. The summed E-state index contributed by atoms with van der Waals surface area (Å²) in [6.45, 7) is 3.63. The second kappa shape index (κ2) is 9.45. The lowest BCUT2D eigenvalue weighted by Crippen LogP contribution is -2.23. The number of aromatic nitrogens is 3. The van der Waals surface area contributed by atoms with Gasteiger partial charge in [0.2, 0.25) is 5.91 Å². The molecule has 31 heavy (non-hydrogen) atoms. The largest absolute Gasteiger partial charge is 0.333 e. The Morgan fingerprint density at radius 3 is 2.71 bits per heavy atom. The van der Waals surface area contributed by atoms with Crippen molar-refractivity contribution in [2.24, 2.45) is 0 Å². The highest BCUT2D eigenvalue weighted by molar-refractivity contribution is 7.98. The fraction of sp³-hybridized carbons (Fsp3) is 0.174. The van der Waals surface area contributed by atoms with Gasteiger partial charge in [-0.1, -0.05) is 36.9 Å². The molecule has 0 fully saturated rings. The van der Waals surface area contributed by atoms with E-state index in [9.17, 15) is 9.18 Å². The first-order valence-electron chi connectivity index (χ1n) is 9.82. The van der Waals surface area contributed by atoms with Gasteiger partial charge in [0.15, 0.2) is 10.3 Å². The van der Waals surface area contributed by atoms with Crippen molar-refractivity contribution in [2.75, 3.05) is 4.90 Å². The molecule has 2 heterocycles. The lowest BCUT2D eigenvalue weighted by molar-refractivity contribution is -0.115. The van der Waals surface area contributed by atoms with Crippen LogP contribution in [0.25, 0.3) is 11.3 Å². The predicted octanol–water partition coefficient (Wildman–Crippen LogP) is 6.21. The molecule has 0 saturated heterocycles. The molecule has 2 aromatic heterocycles. The van der Waals surface area contributed by atoms with E-state index in [1.807, 2.05) is 29.6 Å². The number of aromatic amines is 1. The first kappa shape index (κ1) is 21.3. The Hall–Kier alpha value is -2.97. The third-order valence-corrected chi connectivity index (χ3v) is 6.52. The second-order valence-electron chi connectivity index (χ2n) is 6.86. The molecule has 0 aliphatic rings. The van der Waals surface area contributed by atoms with Crippen LogP contribution in [0.15, 0.2) is 65.3 Å². The maximum absolute atomic E-state index is 13.1. The van der Waals surface area contributed by atoms with Crippen LogP contribution in [0, 0.1) is 5.82 Å². The van der Waals surface area contributed by atoms with Gasteiger partial charge in [-0.15, -0.1) is 11.3 Å². The fourth-order valence-corrected chi connectivity index (χ4v) is 4.92. The summed E-state index contributed by atoms with van der Waals surface area (Å²) in [5, 5.41) is 3.39. The van der Waals surface area contributed by atoms with E-state index in [1.54, 1.807) is 30.2 Å². The van der Waals surface area contributed by atoms with Crippen molar-refractivity contribution in [2.45, 2.75) is 31.2 Å². The van der Waals surface area contributed by atoms with Crippen molar-refractivity contribution in [3.8, 4) is 11.3 Å². The van der Waals surface area contributed by atoms with Gasteiger partial charge < -0.3 is 4.98 Å². The monoisotopic (exact) mass is 452 g/mol. The fourth-order valence-electron chi connectivity index (χ4n) is 3.20. The standard InChI is InChI=1S/C23H21FN4OS2/c1-3-16-6-4-5-7-21(16)28(15(2)29)23-26-19(14-31-23)13-30-22-25-12-20(27-22)17-8-10-18(24)11-9-17/h4-12,14H,3,13H2,1-2H3,(H,25,27). The number of anilines is 2. The molecule has 0 spiro atoms. The topological polar surface area (TPSA) is 61.9 Å². The highest BCUT2D eigenvalue weighted by atomic mass is 32.2. The average molecular weight is 453 g/mol. The van der Waals surface area contributed by atoms with Gasteiger partial charge in [0.05, 0.1) is 23.3 Å². The molecule has 0 aliphatic heterocycles. The van der Waals surface area contributed by atoms with Crippen molar-refractivity contribution >= 4 is 39.8 Å². The van der Waals surface area contributed by atoms with Gasteiger partial charge in [-0.05, 0) is 47.9 Å². The van der Waals surface area contributed by atoms with E-state index in [0.717, 1.165) is 39.8 Å². The van der Waals surface area contributed by atoms with Gasteiger partial charge in [0.1, 0.15) is 5.82 Å². The highest BCUT2D eigenvalue weighted by Crippen LogP contribution is 2.33. The average Bonchev–Trinajstić information content (AvgIpc) is 3.43. The minimum Gasteiger partial charge on any atom is -0.333 e. The lowest BCUT2D eigenvalue weighted by atomic mass is 10.1. The van der Waals surface area contributed by atoms with Crippen LogP contribution in [0.5, 0.6) is 0 Å². The summed E-state index contributed by atoms with van der Waals surface area (Å²) in [7, 11) is 0. The molecule has 0 atom stereocenters. The number of nitrogens with zero attached hydrogens (tertiary/aromatic N) is 3. The Balaban J connectivity index is 1.47. The number of H-pyrrole nitrogens is 1. The number of imidazole rings is 1. The van der Waals surface area contributed by atoms with Crippen LogP contribution in [-0.4, -0.2) is 20.9 Å². The van der Waals surface area contributed by atoms with Gasteiger partial charge in [-0.2, -0.15) is 0 Å². The second-order valence-corrected chi connectivity index (χ2v) is 8.66. The number of hydrogen-bond acceptors (Lipinski definition) is 5. The molecular formula is C23H21FN4OS2. The van der Waals surface area contributed by atoms with Crippen molar-refractivity contribution in [3.63, 3.8) is 0 Å². The first-order chi connectivity index (χ1) is 15.0. The molecule has 0 radical (unpaired) electrons. The molecule has 158 valence electrons. The number of benzene rings is 2. The summed E-state index contributed by atoms with van der Waals surface area (Å²) in [5.74, 6) is 0.288. The van der Waals surface area contributed by atoms with Crippen LogP contribution < -0.4 is 4.90 Å². The maximum Gasteiger partial charge on any atom is 0.230 e. The van der Waals surface area contributed by atoms with E-state index < -0.39 is 0 Å².